The number of rotatable bonds is 9. The molecule has 0 spiro atoms. The summed E-state index contributed by atoms with van der Waals surface area (Å²) in [7, 11) is 0. The zero-order valence-corrected chi connectivity index (χ0v) is 31.5. The van der Waals surface area contributed by atoms with E-state index in [9.17, 15) is 20.3 Å². The molecule has 1 atom stereocenters. The van der Waals surface area contributed by atoms with Crippen LogP contribution in [0, 0.1) is 5.21 Å². The maximum atomic E-state index is 15.2. The molecule has 5 aromatic rings. The summed E-state index contributed by atoms with van der Waals surface area (Å²) in [5.41, 5.74) is 6.83. The minimum atomic E-state index is -0.280. The van der Waals surface area contributed by atoms with E-state index in [0.29, 0.717) is 72.2 Å². The second-order valence-corrected chi connectivity index (χ2v) is 15.1. The quantitative estimate of drug-likeness (QED) is 0.163. The molecule has 13 heteroatoms. The molecule has 0 aliphatic carbocycles. The van der Waals surface area contributed by atoms with Crippen LogP contribution in [0.4, 0.5) is 11.4 Å². The van der Waals surface area contributed by atoms with E-state index < -0.39 is 0 Å². The first-order valence-electron chi connectivity index (χ1n) is 19.5. The summed E-state index contributed by atoms with van der Waals surface area (Å²) in [4.78, 5) is 36.2. The number of morpholine rings is 1. The number of carbonyl (C=O) groups excluding carboxylic acids is 2. The maximum absolute atomic E-state index is 15.2. The van der Waals surface area contributed by atoms with Crippen LogP contribution in [-0.2, 0) is 37.2 Å². The van der Waals surface area contributed by atoms with Crippen LogP contribution in [0.25, 0.3) is 11.3 Å². The number of hydrogen-bond acceptors (Lipinski definition) is 10. The maximum Gasteiger partial charge on any atom is 0.260 e. The Bertz CT molecular complexity index is 2300. The number of hydrogen-bond donors (Lipinski definition) is 2. The lowest BCUT2D eigenvalue weighted by molar-refractivity contribution is 0.0193. The minimum absolute atomic E-state index is 0.0403. The molecule has 2 N–H and O–H groups in total. The second-order valence-electron chi connectivity index (χ2n) is 15.1. The molecule has 4 aliphatic heterocycles. The van der Waals surface area contributed by atoms with Crippen molar-refractivity contribution in [1.82, 2.24) is 14.4 Å². The second kappa shape index (κ2) is 15.6. The number of aromatic nitrogens is 1. The normalized spacial score (nSPS) is 17.5. The van der Waals surface area contributed by atoms with E-state index in [2.05, 4.69) is 27.7 Å². The van der Waals surface area contributed by atoms with E-state index in [4.69, 9.17) is 14.2 Å². The molecule has 9 rings (SSSR count). The van der Waals surface area contributed by atoms with Gasteiger partial charge in [-0.2, -0.15) is 0 Å². The van der Waals surface area contributed by atoms with Crippen molar-refractivity contribution in [2.24, 2.45) is 0 Å². The zero-order chi connectivity index (χ0) is 39.0. The topological polar surface area (TPSA) is 143 Å². The molecule has 5 heterocycles. The summed E-state index contributed by atoms with van der Waals surface area (Å²) >= 11 is 0. The Morgan fingerprint density at radius 2 is 1.60 bits per heavy atom. The van der Waals surface area contributed by atoms with Gasteiger partial charge in [0.15, 0.2) is 11.5 Å². The van der Waals surface area contributed by atoms with Crippen LogP contribution in [0.1, 0.15) is 55.9 Å². The highest BCUT2D eigenvalue weighted by Gasteiger charge is 2.36. The van der Waals surface area contributed by atoms with Gasteiger partial charge in [-0.15, -0.1) is 0 Å². The third-order valence-corrected chi connectivity index (χ3v) is 11.6. The van der Waals surface area contributed by atoms with Gasteiger partial charge in [-0.3, -0.25) is 19.7 Å². The smallest absolute Gasteiger partial charge is 0.260 e. The first-order chi connectivity index (χ1) is 27.8. The molecule has 13 nitrogen and oxygen atoms in total. The number of benzene rings is 4. The van der Waals surface area contributed by atoms with E-state index in [-0.39, 0.29) is 47.9 Å². The van der Waals surface area contributed by atoms with E-state index >= 15 is 4.79 Å². The lowest BCUT2D eigenvalue weighted by Crippen LogP contribution is -2.52. The highest BCUT2D eigenvalue weighted by atomic mass is 16.8. The van der Waals surface area contributed by atoms with Gasteiger partial charge in [0.25, 0.3) is 11.8 Å². The summed E-state index contributed by atoms with van der Waals surface area (Å²) in [5.74, 6) is 0.709. The van der Waals surface area contributed by atoms with Crippen LogP contribution in [0.3, 0.4) is 0 Å². The van der Waals surface area contributed by atoms with Gasteiger partial charge >= 0.3 is 0 Å². The van der Waals surface area contributed by atoms with Gasteiger partial charge in [0.2, 0.25) is 6.79 Å². The van der Waals surface area contributed by atoms with Crippen LogP contribution < -0.4 is 19.6 Å². The van der Waals surface area contributed by atoms with Gasteiger partial charge in [0, 0.05) is 61.4 Å². The van der Waals surface area contributed by atoms with Crippen LogP contribution in [0.2, 0.25) is 0 Å². The van der Waals surface area contributed by atoms with Crippen LogP contribution in [0.5, 0.6) is 17.2 Å². The van der Waals surface area contributed by atoms with Crippen molar-refractivity contribution in [3.63, 3.8) is 0 Å². The van der Waals surface area contributed by atoms with Gasteiger partial charge in [-0.05, 0) is 97.0 Å². The summed E-state index contributed by atoms with van der Waals surface area (Å²) in [6, 6.07) is 26.7. The van der Waals surface area contributed by atoms with Crippen molar-refractivity contribution in [2.75, 3.05) is 49.8 Å². The Morgan fingerprint density at radius 3 is 2.39 bits per heavy atom. The van der Waals surface area contributed by atoms with Crippen molar-refractivity contribution in [3.8, 4) is 28.5 Å². The van der Waals surface area contributed by atoms with E-state index in [1.807, 2.05) is 23.1 Å². The van der Waals surface area contributed by atoms with Gasteiger partial charge in [-0.1, -0.05) is 36.4 Å². The molecule has 0 saturated carbocycles. The Morgan fingerprint density at radius 1 is 0.825 bits per heavy atom. The average Bonchev–Trinajstić information content (AvgIpc) is 3.87. The Labute approximate surface area is 330 Å². The number of phenolic OH excluding ortho intramolecular Hbond substituents is 1. The number of fused-ring (bicyclic) bond motifs is 3. The summed E-state index contributed by atoms with van der Waals surface area (Å²) in [6.45, 7) is 4.95. The van der Waals surface area contributed by atoms with Crippen LogP contribution in [0.15, 0.2) is 91.0 Å². The summed E-state index contributed by atoms with van der Waals surface area (Å²) in [5, 5.41) is 31.3. The molecular weight excluding hydrogens is 727 g/mol. The van der Waals surface area contributed by atoms with Gasteiger partial charge in [0.05, 0.1) is 36.6 Å². The summed E-state index contributed by atoms with van der Waals surface area (Å²) < 4.78 is 19.6. The molecule has 1 fully saturated rings. The van der Waals surface area contributed by atoms with Crippen LogP contribution in [-0.4, -0.2) is 82.2 Å². The SMILES string of the molecule is O=C(c1cc(-c2cc3c(cc2C(=O)N2Cc4ccccc4C[C@H]2CN2CCOCC2)OCO3)n2c1CCCC2)N(Cc1cccc(N([O-])O)c1)c1ccc(O)cc1. The van der Waals surface area contributed by atoms with Crippen molar-refractivity contribution in [3.05, 3.63) is 130 Å². The molecule has 294 valence electrons. The molecular formula is C44H44N5O8-. The van der Waals surface area contributed by atoms with E-state index in [0.717, 1.165) is 55.8 Å². The number of anilines is 2. The van der Waals surface area contributed by atoms with E-state index in [1.54, 1.807) is 35.2 Å². The molecule has 2 amide bonds. The van der Waals surface area contributed by atoms with Gasteiger partial charge in [-0.25, -0.2) is 0 Å². The molecule has 1 aromatic heterocycles. The molecule has 0 radical (unpaired) electrons. The average molecular weight is 771 g/mol. The van der Waals surface area contributed by atoms with Crippen molar-refractivity contribution in [2.45, 2.75) is 51.4 Å². The van der Waals surface area contributed by atoms with Crippen molar-refractivity contribution >= 4 is 23.2 Å². The molecule has 0 bridgehead atoms. The molecule has 4 aliphatic rings. The largest absolute Gasteiger partial charge is 0.733 e. The fourth-order valence-corrected chi connectivity index (χ4v) is 8.65. The number of amides is 2. The Hall–Kier alpha value is -5.86. The molecule has 1 saturated heterocycles. The van der Waals surface area contributed by atoms with E-state index in [1.165, 1.54) is 29.8 Å². The Balaban J connectivity index is 1.13. The number of aromatic hydroxyl groups is 1. The predicted molar refractivity (Wildman–Crippen MR) is 213 cm³/mol. The number of ether oxygens (including phenoxy) is 3. The lowest BCUT2D eigenvalue weighted by Gasteiger charge is -2.40. The fourth-order valence-electron chi connectivity index (χ4n) is 8.65. The highest BCUT2D eigenvalue weighted by molar-refractivity contribution is 6.09. The lowest BCUT2D eigenvalue weighted by atomic mass is 9.92. The first kappa shape index (κ1) is 36.8. The standard InChI is InChI=1S/C44H44N5O8/c50-35-13-11-32(12-14-35)47(25-29-6-5-9-33(20-29)49(53)54)44(52)38-22-40(46-15-4-3-10-39(38)46)36-23-41-42(57-28-56-41)24-37(36)43(51)48-26-31-8-2-1-7-30(31)21-34(48)27-45-16-18-55-19-17-45/h1-2,5-9,11-14,20,22-24,34,50,53H,3-4,10,15-19,21,25-28H2/q-1/t34-/m0/s1. The first-order valence-corrected chi connectivity index (χ1v) is 19.5. The zero-order valence-electron chi connectivity index (χ0n) is 31.5. The number of carbonyl (C=O) groups is 2. The number of nitrogens with zero attached hydrogens (tertiary/aromatic N) is 5. The predicted octanol–water partition coefficient (Wildman–Crippen LogP) is 6.37. The third-order valence-electron chi connectivity index (χ3n) is 11.6. The van der Waals surface area contributed by atoms with Crippen molar-refractivity contribution < 1.29 is 34.1 Å². The third kappa shape index (κ3) is 7.30. The van der Waals surface area contributed by atoms with Gasteiger partial charge < -0.3 is 44.1 Å². The van der Waals surface area contributed by atoms with Gasteiger partial charge in [0.1, 0.15) is 5.75 Å². The van der Waals surface area contributed by atoms with Crippen LogP contribution >= 0.6 is 0 Å². The molecule has 4 aromatic carbocycles. The summed E-state index contributed by atoms with van der Waals surface area (Å²) in [6.07, 6.45) is 3.19. The fraction of sp³-hybridized carbons (Fsp3) is 0.318. The molecule has 0 unspecified atom stereocenters. The Kier molecular flexibility index (Phi) is 10.1. The van der Waals surface area contributed by atoms with Crippen molar-refractivity contribution in [1.29, 1.82) is 0 Å². The minimum Gasteiger partial charge on any atom is -0.733 e. The molecule has 57 heavy (non-hydrogen) atoms. The monoisotopic (exact) mass is 770 g/mol. The highest BCUT2D eigenvalue weighted by Crippen LogP contribution is 2.42. The number of phenols is 1.